The largest absolute Gasteiger partial charge is 0.444 e. The Kier molecular flexibility index (Phi) is 4.98. The number of carbonyl (C=O) groups is 1. The molecule has 0 bridgehead atoms. The van der Waals surface area contributed by atoms with Crippen molar-refractivity contribution in [2.24, 2.45) is 0 Å². The topological polar surface area (TPSA) is 38.3 Å². The molecule has 1 amide bonds. The first kappa shape index (κ1) is 16.9. The first-order valence-electron chi connectivity index (χ1n) is 7.26. The van der Waals surface area contributed by atoms with Crippen LogP contribution in [0.2, 0.25) is 0 Å². The highest BCUT2D eigenvalue weighted by molar-refractivity contribution is 5.70. The molecule has 0 fully saturated rings. The van der Waals surface area contributed by atoms with Crippen LogP contribution in [0.5, 0.6) is 0 Å². The van der Waals surface area contributed by atoms with Gasteiger partial charge in [-0.25, -0.2) is 13.6 Å². The molecule has 0 radical (unpaired) electrons. The van der Waals surface area contributed by atoms with Gasteiger partial charge in [-0.05, 0) is 49.6 Å². The van der Waals surface area contributed by atoms with Crippen LogP contribution in [0, 0.1) is 11.6 Å². The molecule has 0 aliphatic heterocycles. The molecule has 0 saturated carbocycles. The second-order valence-corrected chi connectivity index (χ2v) is 6.14. The van der Waals surface area contributed by atoms with Crippen LogP contribution < -0.4 is 5.32 Å². The summed E-state index contributed by atoms with van der Waals surface area (Å²) in [7, 11) is 0. The van der Waals surface area contributed by atoms with Gasteiger partial charge in [-0.3, -0.25) is 0 Å². The molecule has 2 aromatic rings. The zero-order valence-corrected chi connectivity index (χ0v) is 13.3. The summed E-state index contributed by atoms with van der Waals surface area (Å²) in [4.78, 5) is 11.7. The van der Waals surface area contributed by atoms with Crippen LogP contribution in [0.3, 0.4) is 0 Å². The summed E-state index contributed by atoms with van der Waals surface area (Å²) in [6.07, 6.45) is -0.530. The Hall–Kier alpha value is -2.43. The summed E-state index contributed by atoms with van der Waals surface area (Å²) in [6, 6.07) is 10.9. The lowest BCUT2D eigenvalue weighted by Crippen LogP contribution is -2.32. The Morgan fingerprint density at radius 3 is 2.43 bits per heavy atom. The maximum atomic E-state index is 13.4. The molecule has 0 atom stereocenters. The van der Waals surface area contributed by atoms with E-state index < -0.39 is 23.3 Å². The molecule has 0 aliphatic rings. The quantitative estimate of drug-likeness (QED) is 0.894. The van der Waals surface area contributed by atoms with Crippen molar-refractivity contribution < 1.29 is 18.3 Å². The molecule has 0 aromatic heterocycles. The zero-order chi connectivity index (χ0) is 17.0. The van der Waals surface area contributed by atoms with E-state index in [1.807, 2.05) is 12.1 Å². The van der Waals surface area contributed by atoms with Gasteiger partial charge >= 0.3 is 6.09 Å². The van der Waals surface area contributed by atoms with Crippen molar-refractivity contribution in [3.05, 3.63) is 59.7 Å². The lowest BCUT2D eigenvalue weighted by Gasteiger charge is -2.20. The van der Waals surface area contributed by atoms with E-state index in [9.17, 15) is 13.6 Å². The molecule has 2 rings (SSSR count). The van der Waals surface area contributed by atoms with Gasteiger partial charge in [0.05, 0.1) is 0 Å². The summed E-state index contributed by atoms with van der Waals surface area (Å²) in [5.74, 6) is -1.80. The summed E-state index contributed by atoms with van der Waals surface area (Å²) >= 11 is 0. The van der Waals surface area contributed by atoms with Gasteiger partial charge in [0.15, 0.2) is 11.6 Å². The molecule has 0 heterocycles. The van der Waals surface area contributed by atoms with Crippen molar-refractivity contribution in [1.82, 2.24) is 5.32 Å². The Balaban J connectivity index is 2.18. The minimum absolute atomic E-state index is 0.226. The van der Waals surface area contributed by atoms with Crippen LogP contribution >= 0.6 is 0 Å². The summed E-state index contributed by atoms with van der Waals surface area (Å²) < 4.78 is 31.7. The Morgan fingerprint density at radius 1 is 1.09 bits per heavy atom. The molecule has 0 spiro atoms. The average molecular weight is 319 g/mol. The number of hydrogen-bond acceptors (Lipinski definition) is 2. The van der Waals surface area contributed by atoms with Crippen LogP contribution in [0.25, 0.3) is 11.1 Å². The van der Waals surface area contributed by atoms with Crippen LogP contribution in [0.1, 0.15) is 26.3 Å². The summed E-state index contributed by atoms with van der Waals surface area (Å²) in [5.41, 5.74) is 1.47. The van der Waals surface area contributed by atoms with Crippen molar-refractivity contribution in [1.29, 1.82) is 0 Å². The predicted molar refractivity (Wildman–Crippen MR) is 84.9 cm³/mol. The van der Waals surface area contributed by atoms with Gasteiger partial charge in [0.1, 0.15) is 5.60 Å². The number of amides is 1. The highest BCUT2D eigenvalue weighted by Gasteiger charge is 2.16. The van der Waals surface area contributed by atoms with E-state index in [2.05, 4.69) is 5.32 Å². The Labute approximate surface area is 134 Å². The van der Waals surface area contributed by atoms with Gasteiger partial charge in [-0.1, -0.05) is 30.3 Å². The first-order valence-corrected chi connectivity index (χ1v) is 7.26. The molecule has 1 N–H and O–H groups in total. The third-order valence-electron chi connectivity index (χ3n) is 3.07. The number of carbonyl (C=O) groups excluding carboxylic acids is 1. The Bertz CT molecular complexity index is 708. The summed E-state index contributed by atoms with van der Waals surface area (Å²) in [6.45, 7) is 5.57. The van der Waals surface area contributed by atoms with Crippen molar-refractivity contribution in [3.8, 4) is 11.1 Å². The van der Waals surface area contributed by atoms with E-state index in [1.54, 1.807) is 32.9 Å². The van der Waals surface area contributed by atoms with E-state index in [0.717, 1.165) is 23.3 Å². The van der Waals surface area contributed by atoms with Crippen LogP contribution in [0.4, 0.5) is 13.6 Å². The maximum Gasteiger partial charge on any atom is 0.407 e. The first-order chi connectivity index (χ1) is 10.8. The monoisotopic (exact) mass is 319 g/mol. The molecule has 0 aliphatic carbocycles. The minimum atomic E-state index is -0.905. The number of benzene rings is 2. The van der Waals surface area contributed by atoms with Gasteiger partial charge in [0, 0.05) is 6.54 Å². The van der Waals surface area contributed by atoms with Crippen LogP contribution in [-0.2, 0) is 11.3 Å². The highest BCUT2D eigenvalue weighted by Crippen LogP contribution is 2.25. The summed E-state index contributed by atoms with van der Waals surface area (Å²) in [5, 5.41) is 2.66. The van der Waals surface area contributed by atoms with E-state index >= 15 is 0 Å². The fourth-order valence-corrected chi connectivity index (χ4v) is 2.10. The second-order valence-electron chi connectivity index (χ2n) is 6.14. The van der Waals surface area contributed by atoms with E-state index in [0.29, 0.717) is 5.56 Å². The number of ether oxygens (including phenoxy) is 1. The predicted octanol–water partition coefficient (Wildman–Crippen LogP) is 4.66. The van der Waals surface area contributed by atoms with Crippen molar-refractivity contribution >= 4 is 6.09 Å². The lowest BCUT2D eigenvalue weighted by atomic mass is 9.99. The maximum absolute atomic E-state index is 13.4. The van der Waals surface area contributed by atoms with E-state index in [-0.39, 0.29) is 6.54 Å². The fourth-order valence-electron chi connectivity index (χ4n) is 2.10. The smallest absolute Gasteiger partial charge is 0.407 e. The third-order valence-corrected chi connectivity index (χ3v) is 3.07. The molecular formula is C18H19F2NO2. The number of hydrogen-bond donors (Lipinski definition) is 1. The highest BCUT2D eigenvalue weighted by atomic mass is 19.2. The van der Waals surface area contributed by atoms with Crippen LogP contribution in [0.15, 0.2) is 42.5 Å². The van der Waals surface area contributed by atoms with Gasteiger partial charge in [-0.2, -0.15) is 0 Å². The van der Waals surface area contributed by atoms with E-state index in [4.69, 9.17) is 4.74 Å². The molecule has 23 heavy (non-hydrogen) atoms. The Morgan fingerprint density at radius 2 is 1.78 bits per heavy atom. The van der Waals surface area contributed by atoms with Gasteiger partial charge in [0.25, 0.3) is 0 Å². The minimum Gasteiger partial charge on any atom is -0.444 e. The molecule has 2 aromatic carbocycles. The van der Waals surface area contributed by atoms with E-state index in [1.165, 1.54) is 6.07 Å². The van der Waals surface area contributed by atoms with Gasteiger partial charge in [-0.15, -0.1) is 0 Å². The third kappa shape index (κ3) is 4.77. The van der Waals surface area contributed by atoms with Crippen molar-refractivity contribution in [2.75, 3.05) is 0 Å². The van der Waals surface area contributed by atoms with Gasteiger partial charge < -0.3 is 10.1 Å². The fraction of sp³-hybridized carbons (Fsp3) is 0.278. The number of alkyl carbamates (subject to hydrolysis) is 1. The molecule has 3 nitrogen and oxygen atoms in total. The SMILES string of the molecule is CC(C)(C)OC(=O)NCc1ccccc1-c1ccc(F)c(F)c1. The molecule has 0 unspecified atom stereocenters. The lowest BCUT2D eigenvalue weighted by molar-refractivity contribution is 0.0523. The number of rotatable bonds is 3. The number of halogens is 2. The normalized spacial score (nSPS) is 11.2. The zero-order valence-electron chi connectivity index (χ0n) is 13.3. The molecule has 122 valence electrons. The van der Waals surface area contributed by atoms with Gasteiger partial charge in [0.2, 0.25) is 0 Å². The van der Waals surface area contributed by atoms with Crippen molar-refractivity contribution in [2.45, 2.75) is 32.9 Å². The average Bonchev–Trinajstić information content (AvgIpc) is 2.47. The second kappa shape index (κ2) is 6.77. The standard InChI is InChI=1S/C18H19F2NO2/c1-18(2,3)23-17(22)21-11-13-6-4-5-7-14(13)12-8-9-15(19)16(20)10-12/h4-10H,11H2,1-3H3,(H,21,22). The molecule has 0 saturated heterocycles. The molecular weight excluding hydrogens is 300 g/mol. The van der Waals surface area contributed by atoms with Crippen molar-refractivity contribution in [3.63, 3.8) is 0 Å². The van der Waals surface area contributed by atoms with Crippen LogP contribution in [-0.4, -0.2) is 11.7 Å². The molecule has 5 heteroatoms. The number of nitrogens with one attached hydrogen (secondary N) is 1.